The molecule has 1 amide bonds. The maximum absolute atomic E-state index is 11.2. The van der Waals surface area contributed by atoms with Gasteiger partial charge in [-0.3, -0.25) is 4.90 Å². The summed E-state index contributed by atoms with van der Waals surface area (Å²) in [7, 11) is 0. The van der Waals surface area contributed by atoms with E-state index in [9.17, 15) is 9.90 Å². The van der Waals surface area contributed by atoms with E-state index < -0.39 is 6.09 Å². The lowest BCUT2D eigenvalue weighted by molar-refractivity contribution is 0.0982. The van der Waals surface area contributed by atoms with E-state index in [0.29, 0.717) is 13.1 Å². The molecule has 1 aliphatic heterocycles. The van der Waals surface area contributed by atoms with E-state index in [2.05, 4.69) is 4.90 Å². The highest BCUT2D eigenvalue weighted by Crippen LogP contribution is 2.26. The molecule has 1 aliphatic rings. The van der Waals surface area contributed by atoms with Crippen molar-refractivity contribution in [2.75, 3.05) is 23.7 Å². The van der Waals surface area contributed by atoms with Crippen LogP contribution in [0.5, 0.6) is 0 Å². The fourth-order valence-corrected chi connectivity index (χ4v) is 2.93. The van der Waals surface area contributed by atoms with E-state index in [0.717, 1.165) is 16.9 Å². The van der Waals surface area contributed by atoms with Gasteiger partial charge in [0.1, 0.15) is 0 Å². The second-order valence-corrected chi connectivity index (χ2v) is 5.34. The van der Waals surface area contributed by atoms with Crippen molar-refractivity contribution in [1.29, 1.82) is 0 Å². The number of nitrogens with zero attached hydrogens (tertiary/aromatic N) is 2. The molecule has 0 aliphatic carbocycles. The van der Waals surface area contributed by atoms with E-state index in [1.54, 1.807) is 0 Å². The molecule has 0 bridgehead atoms. The molecule has 0 radical (unpaired) electrons. The van der Waals surface area contributed by atoms with E-state index in [4.69, 9.17) is 5.73 Å². The molecule has 2 atom stereocenters. The predicted octanol–water partition coefficient (Wildman–Crippen LogP) is 2.15. The van der Waals surface area contributed by atoms with Gasteiger partial charge in [-0.1, -0.05) is 0 Å². The van der Waals surface area contributed by atoms with Gasteiger partial charge in [-0.05, 0) is 44.5 Å². The Bertz CT molecular complexity index is 478. The summed E-state index contributed by atoms with van der Waals surface area (Å²) < 4.78 is 0. The number of piperazine rings is 1. The number of nitrogens with two attached hydrogens (primary N) is 1. The van der Waals surface area contributed by atoms with Crippen LogP contribution in [-0.4, -0.2) is 41.3 Å². The lowest BCUT2D eigenvalue weighted by Crippen LogP contribution is -2.58. The number of benzene rings is 1. The molecular formula is C14H21N3O2. The molecule has 104 valence electrons. The van der Waals surface area contributed by atoms with Crippen molar-refractivity contribution in [3.8, 4) is 0 Å². The maximum atomic E-state index is 11.2. The standard InChI is InChI=1S/C14H21N3O2/c1-9-6-12(15)4-5-13(9)16-7-10(2)17(14(18)19)11(3)8-16/h4-6,10-11H,7-8,15H2,1-3H3,(H,18,19). The van der Waals surface area contributed by atoms with Crippen LogP contribution in [0.4, 0.5) is 16.2 Å². The normalized spacial score (nSPS) is 23.5. The van der Waals surface area contributed by atoms with E-state index in [1.165, 1.54) is 4.90 Å². The largest absolute Gasteiger partial charge is 0.465 e. The molecule has 1 heterocycles. The van der Waals surface area contributed by atoms with Crippen molar-refractivity contribution in [3.63, 3.8) is 0 Å². The first kappa shape index (κ1) is 13.5. The first-order valence-corrected chi connectivity index (χ1v) is 6.52. The molecule has 0 spiro atoms. The molecule has 5 heteroatoms. The topological polar surface area (TPSA) is 69.8 Å². The number of hydrogen-bond donors (Lipinski definition) is 2. The van der Waals surface area contributed by atoms with Gasteiger partial charge < -0.3 is 15.7 Å². The Hall–Kier alpha value is -1.91. The maximum Gasteiger partial charge on any atom is 0.407 e. The molecule has 1 aromatic rings. The lowest BCUT2D eigenvalue weighted by Gasteiger charge is -2.44. The minimum atomic E-state index is -0.839. The quantitative estimate of drug-likeness (QED) is 0.762. The van der Waals surface area contributed by atoms with Gasteiger partial charge in [-0.2, -0.15) is 0 Å². The fourth-order valence-electron chi connectivity index (χ4n) is 2.93. The summed E-state index contributed by atoms with van der Waals surface area (Å²) >= 11 is 0. The van der Waals surface area contributed by atoms with Crippen LogP contribution in [0, 0.1) is 6.92 Å². The van der Waals surface area contributed by atoms with Crippen molar-refractivity contribution in [3.05, 3.63) is 23.8 Å². The molecule has 1 fully saturated rings. The van der Waals surface area contributed by atoms with Crippen LogP contribution in [-0.2, 0) is 0 Å². The number of rotatable bonds is 1. The third kappa shape index (κ3) is 2.59. The molecule has 5 nitrogen and oxygen atoms in total. The molecule has 0 saturated carbocycles. The number of hydrogen-bond acceptors (Lipinski definition) is 3. The van der Waals surface area contributed by atoms with Gasteiger partial charge in [0, 0.05) is 24.5 Å². The molecule has 0 aromatic heterocycles. The van der Waals surface area contributed by atoms with Gasteiger partial charge in [-0.25, -0.2) is 4.79 Å². The van der Waals surface area contributed by atoms with E-state index >= 15 is 0 Å². The van der Waals surface area contributed by atoms with Crippen LogP contribution in [0.15, 0.2) is 18.2 Å². The Morgan fingerprint density at radius 3 is 2.37 bits per heavy atom. The van der Waals surface area contributed by atoms with Crippen LogP contribution in [0.3, 0.4) is 0 Å². The summed E-state index contributed by atoms with van der Waals surface area (Å²) in [4.78, 5) is 15.0. The molecule has 3 N–H and O–H groups in total. The third-order valence-electron chi connectivity index (χ3n) is 3.70. The van der Waals surface area contributed by atoms with Gasteiger partial charge >= 0.3 is 6.09 Å². The van der Waals surface area contributed by atoms with Gasteiger partial charge in [0.05, 0.1) is 12.1 Å². The Morgan fingerprint density at radius 2 is 1.89 bits per heavy atom. The third-order valence-corrected chi connectivity index (χ3v) is 3.70. The molecule has 19 heavy (non-hydrogen) atoms. The zero-order valence-electron chi connectivity index (χ0n) is 11.6. The Balaban J connectivity index is 2.22. The highest BCUT2D eigenvalue weighted by atomic mass is 16.4. The summed E-state index contributed by atoms with van der Waals surface area (Å²) in [6, 6.07) is 5.83. The molecular weight excluding hydrogens is 242 g/mol. The van der Waals surface area contributed by atoms with Gasteiger partial charge in [0.25, 0.3) is 0 Å². The minimum Gasteiger partial charge on any atom is -0.465 e. The average molecular weight is 263 g/mol. The fraction of sp³-hybridized carbons (Fsp3) is 0.500. The predicted molar refractivity (Wildman–Crippen MR) is 76.6 cm³/mol. The van der Waals surface area contributed by atoms with Crippen LogP contribution < -0.4 is 10.6 Å². The molecule has 1 aromatic carbocycles. The number of nitrogen functional groups attached to an aromatic ring is 1. The highest BCUT2D eigenvalue weighted by Gasteiger charge is 2.33. The summed E-state index contributed by atoms with van der Waals surface area (Å²) in [5, 5.41) is 9.22. The summed E-state index contributed by atoms with van der Waals surface area (Å²) in [5.41, 5.74) is 8.79. The monoisotopic (exact) mass is 263 g/mol. The smallest absolute Gasteiger partial charge is 0.407 e. The lowest BCUT2D eigenvalue weighted by atomic mass is 10.1. The Morgan fingerprint density at radius 1 is 1.32 bits per heavy atom. The minimum absolute atomic E-state index is 0.0156. The molecule has 2 rings (SSSR count). The van der Waals surface area contributed by atoms with Gasteiger partial charge in [0.2, 0.25) is 0 Å². The van der Waals surface area contributed by atoms with E-state index in [1.807, 2.05) is 39.0 Å². The number of carboxylic acid groups (broad SMARTS) is 1. The van der Waals surface area contributed by atoms with Crippen LogP contribution in [0.25, 0.3) is 0 Å². The number of carbonyl (C=O) groups is 1. The second-order valence-electron chi connectivity index (χ2n) is 5.34. The van der Waals surface area contributed by atoms with Crippen molar-refractivity contribution in [2.24, 2.45) is 0 Å². The highest BCUT2D eigenvalue weighted by molar-refractivity contribution is 5.67. The van der Waals surface area contributed by atoms with Crippen molar-refractivity contribution < 1.29 is 9.90 Å². The summed E-state index contributed by atoms with van der Waals surface area (Å²) in [6.45, 7) is 7.35. The van der Waals surface area contributed by atoms with Crippen LogP contribution in [0.2, 0.25) is 0 Å². The Labute approximate surface area is 113 Å². The summed E-state index contributed by atoms with van der Waals surface area (Å²) in [6.07, 6.45) is -0.839. The second kappa shape index (κ2) is 4.99. The van der Waals surface area contributed by atoms with Crippen molar-refractivity contribution in [1.82, 2.24) is 4.90 Å². The van der Waals surface area contributed by atoms with Crippen molar-refractivity contribution in [2.45, 2.75) is 32.9 Å². The van der Waals surface area contributed by atoms with Gasteiger partial charge in [-0.15, -0.1) is 0 Å². The first-order chi connectivity index (χ1) is 8.90. The zero-order valence-corrected chi connectivity index (χ0v) is 11.6. The number of aryl methyl sites for hydroxylation is 1. The van der Waals surface area contributed by atoms with Crippen LogP contribution >= 0.6 is 0 Å². The number of anilines is 2. The molecule has 2 unspecified atom stereocenters. The molecule has 1 saturated heterocycles. The van der Waals surface area contributed by atoms with Crippen LogP contribution in [0.1, 0.15) is 19.4 Å². The number of amides is 1. The SMILES string of the molecule is Cc1cc(N)ccc1N1CC(C)N(C(=O)O)C(C)C1. The summed E-state index contributed by atoms with van der Waals surface area (Å²) in [5.74, 6) is 0. The van der Waals surface area contributed by atoms with Gasteiger partial charge in [0.15, 0.2) is 0 Å². The van der Waals surface area contributed by atoms with Crippen molar-refractivity contribution >= 4 is 17.5 Å². The zero-order chi connectivity index (χ0) is 14.2. The Kier molecular flexibility index (Phi) is 3.55. The average Bonchev–Trinajstić information content (AvgIpc) is 2.26. The van der Waals surface area contributed by atoms with E-state index in [-0.39, 0.29) is 12.1 Å². The first-order valence-electron chi connectivity index (χ1n) is 6.52.